The highest BCUT2D eigenvalue weighted by molar-refractivity contribution is 9.13. The summed E-state index contributed by atoms with van der Waals surface area (Å²) in [4.78, 5) is 4.82. The van der Waals surface area contributed by atoms with E-state index in [1.807, 2.05) is 12.1 Å². The topological polar surface area (TPSA) is 33.1 Å². The normalized spacial score (nSPS) is 12.7. The van der Waals surface area contributed by atoms with E-state index < -0.39 is 6.10 Å². The van der Waals surface area contributed by atoms with Crippen molar-refractivity contribution in [3.63, 3.8) is 0 Å². The molecule has 0 saturated heterocycles. The van der Waals surface area contributed by atoms with Crippen molar-refractivity contribution in [2.45, 2.75) is 12.5 Å². The number of aliphatic hydroxyl groups is 1. The molecule has 1 N–H and O–H groups in total. The molecule has 0 aliphatic heterocycles. The number of aliphatic hydroxyl groups excluding tert-OH is 1. The van der Waals surface area contributed by atoms with Crippen molar-refractivity contribution in [2.75, 3.05) is 0 Å². The van der Waals surface area contributed by atoms with Crippen molar-refractivity contribution in [1.82, 2.24) is 4.98 Å². The number of aromatic nitrogens is 1. The quantitative estimate of drug-likeness (QED) is 0.821. The van der Waals surface area contributed by atoms with Gasteiger partial charge in [-0.05, 0) is 49.6 Å². The van der Waals surface area contributed by atoms with Crippen molar-refractivity contribution >= 4 is 54.8 Å². The number of halogens is 3. The zero-order chi connectivity index (χ0) is 12.4. The highest BCUT2D eigenvalue weighted by Crippen LogP contribution is 2.36. The number of rotatable bonds is 3. The Morgan fingerprint density at radius 2 is 2.24 bits per heavy atom. The number of pyridine rings is 1. The van der Waals surface area contributed by atoms with Crippen LogP contribution in [0.3, 0.4) is 0 Å². The molecule has 1 unspecified atom stereocenters. The summed E-state index contributed by atoms with van der Waals surface area (Å²) in [6, 6.07) is 3.73. The van der Waals surface area contributed by atoms with Crippen LogP contribution in [0.4, 0.5) is 0 Å². The highest BCUT2D eigenvalue weighted by atomic mass is 79.9. The molecular weight excluding hydrogens is 389 g/mol. The first-order valence-corrected chi connectivity index (χ1v) is 7.57. The maximum absolute atomic E-state index is 10.1. The van der Waals surface area contributed by atoms with Gasteiger partial charge in [0.05, 0.1) is 14.9 Å². The molecule has 1 atom stereocenters. The van der Waals surface area contributed by atoms with Crippen LogP contribution in [0.15, 0.2) is 32.8 Å². The van der Waals surface area contributed by atoms with Gasteiger partial charge in [-0.25, -0.2) is 0 Å². The lowest BCUT2D eigenvalue weighted by atomic mass is 10.1. The molecule has 17 heavy (non-hydrogen) atoms. The minimum Gasteiger partial charge on any atom is -0.387 e. The second-order valence-corrected chi connectivity index (χ2v) is 7.12. The molecule has 0 fully saturated rings. The summed E-state index contributed by atoms with van der Waals surface area (Å²) >= 11 is 14.3. The van der Waals surface area contributed by atoms with Gasteiger partial charge in [0.25, 0.3) is 0 Å². The Hall–Kier alpha value is 0.0600. The van der Waals surface area contributed by atoms with E-state index in [0.29, 0.717) is 11.4 Å². The molecule has 6 heteroatoms. The molecule has 0 bridgehead atoms. The first kappa shape index (κ1) is 13.5. The molecular formula is C11H8Br2ClNOS. The van der Waals surface area contributed by atoms with Gasteiger partial charge in [0, 0.05) is 28.2 Å². The summed E-state index contributed by atoms with van der Waals surface area (Å²) in [7, 11) is 0. The largest absolute Gasteiger partial charge is 0.387 e. The van der Waals surface area contributed by atoms with Gasteiger partial charge >= 0.3 is 0 Å². The lowest BCUT2D eigenvalue weighted by molar-refractivity contribution is 0.182. The SMILES string of the molecule is OC(Cc1ccncc1Cl)c1cc(Br)c(Br)s1. The molecule has 2 heterocycles. The monoisotopic (exact) mass is 395 g/mol. The maximum atomic E-state index is 10.1. The van der Waals surface area contributed by atoms with E-state index in [1.165, 1.54) is 11.3 Å². The van der Waals surface area contributed by atoms with Crippen LogP contribution in [0.2, 0.25) is 5.02 Å². The van der Waals surface area contributed by atoms with Gasteiger partial charge in [0.2, 0.25) is 0 Å². The van der Waals surface area contributed by atoms with Gasteiger partial charge < -0.3 is 5.11 Å². The molecule has 0 radical (unpaired) electrons. The van der Waals surface area contributed by atoms with Crippen molar-refractivity contribution in [1.29, 1.82) is 0 Å². The van der Waals surface area contributed by atoms with E-state index in [2.05, 4.69) is 36.8 Å². The van der Waals surface area contributed by atoms with Crippen LogP contribution in [0.25, 0.3) is 0 Å². The molecule has 0 aromatic carbocycles. The molecule has 2 aromatic rings. The molecule has 2 aromatic heterocycles. The Bertz CT molecular complexity index is 512. The fraction of sp³-hybridized carbons (Fsp3) is 0.182. The van der Waals surface area contributed by atoms with Gasteiger partial charge in [-0.2, -0.15) is 0 Å². The zero-order valence-corrected chi connectivity index (χ0v) is 13.3. The van der Waals surface area contributed by atoms with E-state index in [0.717, 1.165) is 18.7 Å². The minimum absolute atomic E-state index is 0.487. The Labute approximate surface area is 125 Å². The van der Waals surface area contributed by atoms with Crippen LogP contribution in [-0.2, 0) is 6.42 Å². The summed E-state index contributed by atoms with van der Waals surface area (Å²) in [5, 5.41) is 10.7. The summed E-state index contributed by atoms with van der Waals surface area (Å²) in [5.74, 6) is 0. The first-order chi connectivity index (χ1) is 8.08. The molecule has 2 nitrogen and oxygen atoms in total. The van der Waals surface area contributed by atoms with Gasteiger partial charge in [-0.15, -0.1) is 11.3 Å². The Morgan fingerprint density at radius 1 is 1.47 bits per heavy atom. The van der Waals surface area contributed by atoms with E-state index >= 15 is 0 Å². The van der Waals surface area contributed by atoms with Gasteiger partial charge in [-0.3, -0.25) is 4.98 Å². The number of thiophene rings is 1. The fourth-order valence-electron chi connectivity index (χ4n) is 1.41. The summed E-state index contributed by atoms with van der Waals surface area (Å²) in [6.45, 7) is 0. The van der Waals surface area contributed by atoms with Crippen LogP contribution >= 0.6 is 54.8 Å². The van der Waals surface area contributed by atoms with Crippen LogP contribution in [0.5, 0.6) is 0 Å². The van der Waals surface area contributed by atoms with Crippen molar-refractivity contribution in [2.24, 2.45) is 0 Å². The van der Waals surface area contributed by atoms with E-state index in [-0.39, 0.29) is 0 Å². The molecule has 0 saturated carbocycles. The summed E-state index contributed by atoms with van der Waals surface area (Å²) in [6.07, 6.45) is 3.20. The van der Waals surface area contributed by atoms with E-state index in [9.17, 15) is 5.11 Å². The van der Waals surface area contributed by atoms with E-state index in [4.69, 9.17) is 11.6 Å². The van der Waals surface area contributed by atoms with E-state index in [1.54, 1.807) is 12.4 Å². The molecule has 0 amide bonds. The lowest BCUT2D eigenvalue weighted by Gasteiger charge is -2.09. The Morgan fingerprint density at radius 3 is 2.82 bits per heavy atom. The van der Waals surface area contributed by atoms with Crippen molar-refractivity contribution < 1.29 is 5.11 Å². The standard InChI is InChI=1S/C11H8Br2ClNOS/c12-7-4-10(17-11(7)13)9(16)3-6-1-2-15-5-8(6)14/h1-2,4-5,9,16H,3H2. The van der Waals surface area contributed by atoms with Crippen LogP contribution in [0.1, 0.15) is 16.5 Å². The zero-order valence-electron chi connectivity index (χ0n) is 8.53. The average molecular weight is 398 g/mol. The van der Waals surface area contributed by atoms with Crippen molar-refractivity contribution in [3.05, 3.63) is 48.2 Å². The van der Waals surface area contributed by atoms with Crippen LogP contribution in [0, 0.1) is 0 Å². The second kappa shape index (κ2) is 5.80. The van der Waals surface area contributed by atoms with Gasteiger partial charge in [0.1, 0.15) is 0 Å². The van der Waals surface area contributed by atoms with Gasteiger partial charge in [-0.1, -0.05) is 11.6 Å². The van der Waals surface area contributed by atoms with Crippen molar-refractivity contribution in [3.8, 4) is 0 Å². The third-order valence-electron chi connectivity index (χ3n) is 2.26. The number of nitrogens with zero attached hydrogens (tertiary/aromatic N) is 1. The highest BCUT2D eigenvalue weighted by Gasteiger charge is 2.15. The Kier molecular flexibility index (Phi) is 4.60. The fourth-order valence-corrected chi connectivity index (χ4v) is 3.68. The molecule has 0 spiro atoms. The molecule has 0 aliphatic rings. The average Bonchev–Trinajstić information content (AvgIpc) is 2.63. The number of hydrogen-bond donors (Lipinski definition) is 1. The smallest absolute Gasteiger partial charge is 0.0923 e. The predicted molar refractivity (Wildman–Crippen MR) is 77.6 cm³/mol. The van der Waals surface area contributed by atoms with Crippen LogP contribution in [-0.4, -0.2) is 10.1 Å². The Balaban J connectivity index is 2.17. The third kappa shape index (κ3) is 3.29. The first-order valence-electron chi connectivity index (χ1n) is 4.79. The predicted octanol–water partition coefficient (Wildman–Crippen LogP) is 4.60. The minimum atomic E-state index is -0.553. The van der Waals surface area contributed by atoms with Crippen LogP contribution < -0.4 is 0 Å². The molecule has 0 aliphatic carbocycles. The maximum Gasteiger partial charge on any atom is 0.0923 e. The third-order valence-corrected chi connectivity index (χ3v) is 5.96. The molecule has 2 rings (SSSR count). The summed E-state index contributed by atoms with van der Waals surface area (Å²) in [5.41, 5.74) is 0.898. The van der Waals surface area contributed by atoms with Gasteiger partial charge in [0.15, 0.2) is 0 Å². The number of hydrogen-bond acceptors (Lipinski definition) is 3. The second-order valence-electron chi connectivity index (χ2n) is 3.46. The summed E-state index contributed by atoms with van der Waals surface area (Å²) < 4.78 is 1.93. The lowest BCUT2D eigenvalue weighted by Crippen LogP contribution is -2.00. The molecule has 90 valence electrons.